The van der Waals surface area contributed by atoms with Crippen LogP contribution >= 0.6 is 0 Å². The van der Waals surface area contributed by atoms with Gasteiger partial charge in [-0.3, -0.25) is 9.59 Å². The third-order valence-electron chi connectivity index (χ3n) is 7.88. The normalized spacial score (nSPS) is 29.0. The van der Waals surface area contributed by atoms with Crippen LogP contribution in [-0.4, -0.2) is 34.7 Å². The zero-order valence-electron chi connectivity index (χ0n) is 19.2. The Bertz CT molecular complexity index is 1430. The first-order valence-corrected chi connectivity index (χ1v) is 11.8. The molecule has 3 aromatic rings. The number of nitriles is 1. The minimum Gasteiger partial charge on any atom is -0.508 e. The second kappa shape index (κ2) is 7.56. The van der Waals surface area contributed by atoms with Gasteiger partial charge in [0.1, 0.15) is 17.6 Å². The van der Waals surface area contributed by atoms with E-state index >= 15 is 0 Å². The fourth-order valence-corrected chi connectivity index (χ4v) is 6.33. The summed E-state index contributed by atoms with van der Waals surface area (Å²) in [5, 5.41) is 21.2. The molecule has 2 bridgehead atoms. The average molecular weight is 469 g/mol. The van der Waals surface area contributed by atoms with Crippen LogP contribution in [0.4, 0.5) is 5.69 Å². The SMILES string of the molecule is CC12CCC(CCOc3cccc(O)c3)(O1)C1C(=O)N(c3ccc4ccccc4c3C#N)C(=O)C12. The third-order valence-corrected chi connectivity index (χ3v) is 7.88. The Kier molecular flexibility index (Phi) is 4.67. The number of hydrogen-bond donors (Lipinski definition) is 1. The van der Waals surface area contributed by atoms with Crippen LogP contribution in [0.3, 0.4) is 0 Å². The molecule has 3 fully saturated rings. The molecule has 3 saturated heterocycles. The molecule has 4 unspecified atom stereocenters. The molecule has 3 heterocycles. The van der Waals surface area contributed by atoms with Gasteiger partial charge in [0.2, 0.25) is 11.8 Å². The van der Waals surface area contributed by atoms with Crippen molar-refractivity contribution in [2.24, 2.45) is 11.8 Å². The van der Waals surface area contributed by atoms with E-state index in [9.17, 15) is 20.0 Å². The van der Waals surface area contributed by atoms with Crippen LogP contribution in [-0.2, 0) is 14.3 Å². The summed E-state index contributed by atoms with van der Waals surface area (Å²) in [6, 6.07) is 19.8. The number of carbonyl (C=O) groups is 2. The number of carbonyl (C=O) groups excluding carboxylic acids is 2. The molecule has 3 aliphatic rings. The number of nitrogens with zero attached hydrogens (tertiary/aromatic N) is 2. The lowest BCUT2D eigenvalue weighted by atomic mass is 9.67. The summed E-state index contributed by atoms with van der Waals surface area (Å²) >= 11 is 0. The average Bonchev–Trinajstić information content (AvgIpc) is 3.43. The molecule has 3 aromatic carbocycles. The topological polar surface area (TPSA) is 99.9 Å². The van der Waals surface area contributed by atoms with Gasteiger partial charge in [-0.2, -0.15) is 5.26 Å². The molecule has 0 saturated carbocycles. The zero-order valence-corrected chi connectivity index (χ0v) is 19.2. The van der Waals surface area contributed by atoms with Crippen molar-refractivity contribution in [3.8, 4) is 17.6 Å². The molecule has 0 spiro atoms. The predicted octanol–water partition coefficient (Wildman–Crippen LogP) is 4.31. The van der Waals surface area contributed by atoms with Gasteiger partial charge in [-0.25, -0.2) is 4.90 Å². The number of benzene rings is 3. The van der Waals surface area contributed by atoms with Gasteiger partial charge >= 0.3 is 0 Å². The largest absolute Gasteiger partial charge is 0.508 e. The highest BCUT2D eigenvalue weighted by Gasteiger charge is 2.74. The maximum Gasteiger partial charge on any atom is 0.240 e. The zero-order chi connectivity index (χ0) is 24.4. The summed E-state index contributed by atoms with van der Waals surface area (Å²) in [5.41, 5.74) is -0.878. The highest BCUT2D eigenvalue weighted by molar-refractivity contribution is 6.24. The molecule has 0 radical (unpaired) electrons. The van der Waals surface area contributed by atoms with E-state index in [-0.39, 0.29) is 24.2 Å². The van der Waals surface area contributed by atoms with Crippen molar-refractivity contribution in [2.45, 2.75) is 37.4 Å². The number of imide groups is 1. The summed E-state index contributed by atoms with van der Waals surface area (Å²) in [7, 11) is 0. The van der Waals surface area contributed by atoms with Crippen molar-refractivity contribution in [1.29, 1.82) is 5.26 Å². The molecule has 176 valence electrons. The summed E-state index contributed by atoms with van der Waals surface area (Å²) < 4.78 is 12.3. The highest BCUT2D eigenvalue weighted by Crippen LogP contribution is 2.62. The van der Waals surface area contributed by atoms with E-state index in [1.165, 1.54) is 11.0 Å². The molecular formula is C28H24N2O5. The molecule has 7 heteroatoms. The first-order chi connectivity index (χ1) is 16.9. The fourth-order valence-electron chi connectivity index (χ4n) is 6.33. The van der Waals surface area contributed by atoms with Gasteiger partial charge in [-0.15, -0.1) is 0 Å². The predicted molar refractivity (Wildman–Crippen MR) is 128 cm³/mol. The summed E-state index contributed by atoms with van der Waals surface area (Å²) in [6.07, 6.45) is 1.77. The van der Waals surface area contributed by atoms with Crippen LogP contribution in [0.2, 0.25) is 0 Å². The first-order valence-electron chi connectivity index (χ1n) is 11.8. The molecule has 7 nitrogen and oxygen atoms in total. The number of phenols is 1. The molecule has 3 aliphatic heterocycles. The first kappa shape index (κ1) is 21.6. The number of hydrogen-bond acceptors (Lipinski definition) is 6. The second-order valence-electron chi connectivity index (χ2n) is 9.84. The van der Waals surface area contributed by atoms with E-state index < -0.39 is 23.0 Å². The number of amides is 2. The molecule has 2 amide bonds. The lowest BCUT2D eigenvalue weighted by molar-refractivity contribution is -0.131. The van der Waals surface area contributed by atoms with Gasteiger partial charge in [0, 0.05) is 17.9 Å². The molecule has 35 heavy (non-hydrogen) atoms. The van der Waals surface area contributed by atoms with Crippen molar-refractivity contribution < 1.29 is 24.2 Å². The van der Waals surface area contributed by atoms with Gasteiger partial charge in [-0.1, -0.05) is 36.4 Å². The Morgan fingerprint density at radius 1 is 1.09 bits per heavy atom. The molecular weight excluding hydrogens is 444 g/mol. The Morgan fingerprint density at radius 3 is 2.69 bits per heavy atom. The van der Waals surface area contributed by atoms with Crippen LogP contribution < -0.4 is 9.64 Å². The maximum absolute atomic E-state index is 13.9. The Hall–Kier alpha value is -3.89. The lowest BCUT2D eigenvalue weighted by Crippen LogP contribution is -2.43. The molecule has 6 rings (SSSR count). The second-order valence-corrected chi connectivity index (χ2v) is 9.84. The molecule has 1 N–H and O–H groups in total. The fraction of sp³-hybridized carbons (Fsp3) is 0.321. The van der Waals surface area contributed by atoms with E-state index in [0.29, 0.717) is 41.6 Å². The number of anilines is 1. The number of rotatable bonds is 5. The summed E-state index contributed by atoms with van der Waals surface area (Å²) in [4.78, 5) is 28.8. The van der Waals surface area contributed by atoms with Gasteiger partial charge < -0.3 is 14.6 Å². The minimum absolute atomic E-state index is 0.113. The number of ether oxygens (including phenoxy) is 2. The standard InChI is InChI=1S/C28H24N2O5/c1-27-11-12-28(35-27,13-14-34-19-7-4-6-18(31)15-19)24-23(27)25(32)30(26(24)33)22-10-9-17-5-2-3-8-20(17)21(22)16-29/h2-10,15,23-24,31H,11-14H2,1H3. The maximum atomic E-state index is 13.9. The van der Waals surface area contributed by atoms with E-state index in [1.54, 1.807) is 24.3 Å². The van der Waals surface area contributed by atoms with Crippen LogP contribution in [0.5, 0.6) is 11.5 Å². The Balaban J connectivity index is 1.34. The number of aromatic hydroxyl groups is 1. The number of phenolic OH excluding ortho intramolecular Hbond substituents is 1. The van der Waals surface area contributed by atoms with Crippen molar-refractivity contribution in [3.05, 3.63) is 66.2 Å². The van der Waals surface area contributed by atoms with Crippen molar-refractivity contribution >= 4 is 28.3 Å². The molecule has 4 atom stereocenters. The van der Waals surface area contributed by atoms with E-state index in [2.05, 4.69) is 6.07 Å². The van der Waals surface area contributed by atoms with Crippen molar-refractivity contribution in [2.75, 3.05) is 11.5 Å². The Morgan fingerprint density at radius 2 is 1.89 bits per heavy atom. The van der Waals surface area contributed by atoms with Crippen molar-refractivity contribution in [3.63, 3.8) is 0 Å². The monoisotopic (exact) mass is 468 g/mol. The summed E-state index contributed by atoms with van der Waals surface area (Å²) in [5.74, 6) is -1.19. The van der Waals surface area contributed by atoms with Crippen molar-refractivity contribution in [1.82, 2.24) is 0 Å². The third kappa shape index (κ3) is 3.06. The van der Waals surface area contributed by atoms with Gasteiger partial charge in [0.05, 0.1) is 40.9 Å². The molecule has 0 aromatic heterocycles. The highest BCUT2D eigenvalue weighted by atomic mass is 16.5. The Labute approximate surface area is 202 Å². The van der Waals surface area contributed by atoms with Crippen LogP contribution in [0, 0.1) is 23.2 Å². The van der Waals surface area contributed by atoms with Gasteiger partial charge in [0.15, 0.2) is 0 Å². The molecule has 0 aliphatic carbocycles. The van der Waals surface area contributed by atoms with Crippen LogP contribution in [0.25, 0.3) is 10.8 Å². The quantitative estimate of drug-likeness (QED) is 0.560. The smallest absolute Gasteiger partial charge is 0.240 e. The van der Waals surface area contributed by atoms with E-state index in [0.717, 1.165) is 5.39 Å². The van der Waals surface area contributed by atoms with E-state index in [1.807, 2.05) is 37.3 Å². The number of fused-ring (bicyclic) bond motifs is 6. The van der Waals surface area contributed by atoms with E-state index in [4.69, 9.17) is 9.47 Å². The van der Waals surface area contributed by atoms with Gasteiger partial charge in [-0.05, 0) is 43.4 Å². The lowest BCUT2D eigenvalue weighted by Gasteiger charge is -2.31. The van der Waals surface area contributed by atoms with Crippen LogP contribution in [0.15, 0.2) is 60.7 Å². The van der Waals surface area contributed by atoms with Gasteiger partial charge in [0.25, 0.3) is 0 Å². The summed E-state index contributed by atoms with van der Waals surface area (Å²) in [6.45, 7) is 2.19. The minimum atomic E-state index is -0.804. The van der Waals surface area contributed by atoms with Crippen LogP contribution in [0.1, 0.15) is 31.7 Å².